The molecule has 1 aliphatic rings. The second-order valence-corrected chi connectivity index (χ2v) is 5.24. The van der Waals surface area contributed by atoms with Crippen LogP contribution in [-0.4, -0.2) is 29.1 Å². The molecule has 0 bridgehead atoms. The fourth-order valence-corrected chi connectivity index (χ4v) is 1.87. The van der Waals surface area contributed by atoms with E-state index in [2.05, 4.69) is 10.6 Å². The number of rotatable bonds is 5. The second kappa shape index (κ2) is 6.35. The van der Waals surface area contributed by atoms with Crippen molar-refractivity contribution in [3.05, 3.63) is 29.6 Å². The fourth-order valence-electron chi connectivity index (χ4n) is 1.87. The van der Waals surface area contributed by atoms with Gasteiger partial charge in [0.1, 0.15) is 6.04 Å². The third-order valence-corrected chi connectivity index (χ3v) is 3.26. The van der Waals surface area contributed by atoms with E-state index in [0.29, 0.717) is 25.0 Å². The van der Waals surface area contributed by atoms with Gasteiger partial charge in [-0.05, 0) is 19.8 Å². The highest BCUT2D eigenvalue weighted by atomic mass is 19.2. The lowest BCUT2D eigenvalue weighted by Crippen LogP contribution is -2.50. The van der Waals surface area contributed by atoms with Crippen LogP contribution in [0.3, 0.4) is 0 Å². The Kier molecular flexibility index (Phi) is 4.70. The lowest BCUT2D eigenvalue weighted by molar-refractivity contribution is -0.129. The zero-order chi connectivity index (χ0) is 16.4. The molecule has 1 fully saturated rings. The maximum Gasteiger partial charge on any atom is 0.249 e. The molecule has 2 atom stereocenters. The molecule has 1 aliphatic carbocycles. The summed E-state index contributed by atoms with van der Waals surface area (Å²) in [5.74, 6) is -5.94. The predicted octanol–water partition coefficient (Wildman–Crippen LogP) is 1.32. The van der Waals surface area contributed by atoms with Crippen LogP contribution < -0.4 is 10.6 Å². The van der Waals surface area contributed by atoms with Gasteiger partial charge in [0.2, 0.25) is 11.8 Å². The van der Waals surface area contributed by atoms with E-state index in [1.54, 1.807) is 0 Å². The molecular formula is C14H15F3N2O3. The van der Waals surface area contributed by atoms with E-state index < -0.39 is 35.5 Å². The average Bonchev–Trinajstić information content (AvgIpc) is 3.25. The normalized spacial score (nSPS) is 16.8. The van der Waals surface area contributed by atoms with E-state index in [1.165, 1.54) is 6.92 Å². The predicted molar refractivity (Wildman–Crippen MR) is 71.3 cm³/mol. The smallest absolute Gasteiger partial charge is 0.249 e. The van der Waals surface area contributed by atoms with E-state index in [0.717, 1.165) is 0 Å². The summed E-state index contributed by atoms with van der Waals surface area (Å²) >= 11 is 0. The number of aliphatic hydroxyl groups is 1. The van der Waals surface area contributed by atoms with E-state index in [4.69, 9.17) is 0 Å². The molecule has 0 saturated heterocycles. The van der Waals surface area contributed by atoms with E-state index in [-0.39, 0.29) is 17.5 Å². The van der Waals surface area contributed by atoms with E-state index in [1.807, 2.05) is 0 Å². The molecule has 0 aliphatic heterocycles. The quantitative estimate of drug-likeness (QED) is 0.717. The molecule has 0 spiro atoms. The topological polar surface area (TPSA) is 78.4 Å². The van der Waals surface area contributed by atoms with Crippen molar-refractivity contribution >= 4 is 17.5 Å². The zero-order valence-electron chi connectivity index (χ0n) is 11.7. The molecule has 2 amide bonds. The van der Waals surface area contributed by atoms with Crippen LogP contribution in [0.15, 0.2) is 12.1 Å². The summed E-state index contributed by atoms with van der Waals surface area (Å²) < 4.78 is 39.0. The Balaban J connectivity index is 2.08. The summed E-state index contributed by atoms with van der Waals surface area (Å²) in [6.07, 6.45) is 0.223. The third kappa shape index (κ3) is 3.76. The summed E-state index contributed by atoms with van der Waals surface area (Å²) in [6.45, 7) is 1.29. The Hall–Kier alpha value is -2.09. The minimum absolute atomic E-state index is 0.172. The van der Waals surface area contributed by atoms with Crippen molar-refractivity contribution in [1.29, 1.82) is 0 Å². The van der Waals surface area contributed by atoms with Crippen LogP contribution in [0.1, 0.15) is 19.8 Å². The third-order valence-electron chi connectivity index (χ3n) is 3.26. The molecule has 5 nitrogen and oxygen atoms in total. The summed E-state index contributed by atoms with van der Waals surface area (Å²) in [4.78, 5) is 23.7. The van der Waals surface area contributed by atoms with Crippen molar-refractivity contribution in [3.8, 4) is 0 Å². The van der Waals surface area contributed by atoms with Gasteiger partial charge >= 0.3 is 0 Å². The number of anilines is 1. The van der Waals surface area contributed by atoms with Crippen LogP contribution in [-0.2, 0) is 9.59 Å². The first kappa shape index (κ1) is 16.3. The van der Waals surface area contributed by atoms with Gasteiger partial charge in [-0.3, -0.25) is 9.59 Å². The van der Waals surface area contributed by atoms with Crippen LogP contribution >= 0.6 is 0 Å². The lowest BCUT2D eigenvalue weighted by atomic mass is 10.1. The number of hydrogen-bond donors (Lipinski definition) is 3. The number of carbonyl (C=O) groups excluding carboxylic acids is 2. The molecule has 0 radical (unpaired) electrons. The van der Waals surface area contributed by atoms with Gasteiger partial charge in [0.05, 0.1) is 6.10 Å². The Bertz CT molecular complexity index is 580. The Morgan fingerprint density at radius 2 is 1.77 bits per heavy atom. The van der Waals surface area contributed by atoms with Gasteiger partial charge < -0.3 is 15.7 Å². The Labute approximate surface area is 124 Å². The second-order valence-electron chi connectivity index (χ2n) is 5.24. The summed E-state index contributed by atoms with van der Waals surface area (Å²) in [5, 5.41) is 14.1. The molecule has 1 aromatic rings. The minimum atomic E-state index is -1.65. The lowest BCUT2D eigenvalue weighted by Gasteiger charge is -2.21. The van der Waals surface area contributed by atoms with Crippen molar-refractivity contribution in [3.63, 3.8) is 0 Å². The molecule has 0 aromatic heterocycles. The van der Waals surface area contributed by atoms with Gasteiger partial charge in [0.25, 0.3) is 0 Å². The van der Waals surface area contributed by atoms with Crippen molar-refractivity contribution in [2.24, 2.45) is 5.92 Å². The minimum Gasteiger partial charge on any atom is -0.391 e. The molecular weight excluding hydrogens is 301 g/mol. The maximum atomic E-state index is 13.1. The zero-order valence-corrected chi connectivity index (χ0v) is 11.7. The number of nitrogens with one attached hydrogen (secondary N) is 2. The number of halogens is 3. The van der Waals surface area contributed by atoms with Gasteiger partial charge in [-0.25, -0.2) is 13.2 Å². The Morgan fingerprint density at radius 1 is 1.23 bits per heavy atom. The van der Waals surface area contributed by atoms with Crippen LogP contribution in [0.5, 0.6) is 0 Å². The molecule has 2 rings (SSSR count). The highest BCUT2D eigenvalue weighted by Gasteiger charge is 2.34. The van der Waals surface area contributed by atoms with Crippen molar-refractivity contribution in [2.45, 2.75) is 31.9 Å². The van der Waals surface area contributed by atoms with E-state index in [9.17, 15) is 27.9 Å². The molecule has 2 unspecified atom stereocenters. The number of aliphatic hydroxyl groups excluding tert-OH is 1. The van der Waals surface area contributed by atoms with Crippen molar-refractivity contribution in [1.82, 2.24) is 5.32 Å². The summed E-state index contributed by atoms with van der Waals surface area (Å²) in [7, 11) is 0. The van der Waals surface area contributed by atoms with Gasteiger partial charge in [0, 0.05) is 23.7 Å². The number of carbonyl (C=O) groups is 2. The molecule has 8 heteroatoms. The van der Waals surface area contributed by atoms with Gasteiger partial charge in [-0.15, -0.1) is 0 Å². The SMILES string of the molecule is CC(O)C(NC(=O)C1CC1)C(=O)Nc1cc(F)c(F)c(F)c1. The maximum absolute atomic E-state index is 13.1. The number of hydrogen-bond acceptors (Lipinski definition) is 3. The van der Waals surface area contributed by atoms with Crippen LogP contribution in [0, 0.1) is 23.4 Å². The molecule has 0 heterocycles. The molecule has 3 N–H and O–H groups in total. The van der Waals surface area contributed by atoms with Gasteiger partial charge in [0.15, 0.2) is 17.5 Å². The largest absolute Gasteiger partial charge is 0.391 e. The van der Waals surface area contributed by atoms with Crippen LogP contribution in [0.4, 0.5) is 18.9 Å². The summed E-state index contributed by atoms with van der Waals surface area (Å²) in [6, 6.07) is -0.0553. The molecule has 1 saturated carbocycles. The number of amides is 2. The number of benzene rings is 1. The van der Waals surface area contributed by atoms with Gasteiger partial charge in [-0.1, -0.05) is 0 Å². The van der Waals surface area contributed by atoms with Crippen LogP contribution in [0.2, 0.25) is 0 Å². The average molecular weight is 316 g/mol. The van der Waals surface area contributed by atoms with Crippen molar-refractivity contribution < 1.29 is 27.9 Å². The van der Waals surface area contributed by atoms with Crippen LogP contribution in [0.25, 0.3) is 0 Å². The van der Waals surface area contributed by atoms with Crippen molar-refractivity contribution in [2.75, 3.05) is 5.32 Å². The van der Waals surface area contributed by atoms with Gasteiger partial charge in [-0.2, -0.15) is 0 Å². The molecule has 22 heavy (non-hydrogen) atoms. The first-order chi connectivity index (χ1) is 10.3. The Morgan fingerprint density at radius 3 is 2.23 bits per heavy atom. The first-order valence-corrected chi connectivity index (χ1v) is 6.73. The fraction of sp³-hybridized carbons (Fsp3) is 0.429. The van der Waals surface area contributed by atoms with E-state index >= 15 is 0 Å². The summed E-state index contributed by atoms with van der Waals surface area (Å²) in [5.41, 5.74) is -0.312. The standard InChI is InChI=1S/C14H15F3N2O3/c1-6(20)12(19-13(21)7-2-3-7)14(22)18-8-4-9(15)11(17)10(16)5-8/h4-7,12,20H,2-3H2,1H3,(H,18,22)(H,19,21). The highest BCUT2D eigenvalue weighted by molar-refractivity contribution is 5.98. The molecule has 1 aromatic carbocycles. The highest BCUT2D eigenvalue weighted by Crippen LogP contribution is 2.29. The first-order valence-electron chi connectivity index (χ1n) is 6.73. The monoisotopic (exact) mass is 316 g/mol. The molecule has 120 valence electrons.